The van der Waals surface area contributed by atoms with Crippen LogP contribution in [0.25, 0.3) is 0 Å². The van der Waals surface area contributed by atoms with E-state index in [9.17, 15) is 0 Å². The number of ether oxygens (including phenoxy) is 1. The zero-order chi connectivity index (χ0) is 11.9. The van der Waals surface area contributed by atoms with Crippen LogP contribution in [0.4, 0.5) is 0 Å². The van der Waals surface area contributed by atoms with Gasteiger partial charge in [0, 0.05) is 5.56 Å². The maximum Gasteiger partial charge on any atom is 0.131 e. The molecule has 0 radical (unpaired) electrons. The van der Waals surface area contributed by atoms with Crippen LogP contribution in [-0.2, 0) is 11.8 Å². The maximum atomic E-state index is 6.04. The van der Waals surface area contributed by atoms with Gasteiger partial charge >= 0.3 is 0 Å². The highest BCUT2D eigenvalue weighted by Crippen LogP contribution is 2.42. The summed E-state index contributed by atoms with van der Waals surface area (Å²) in [7, 11) is 0. The van der Waals surface area contributed by atoms with E-state index >= 15 is 0 Å². The molecule has 2 aromatic rings. The topological polar surface area (TPSA) is 9.23 Å². The van der Waals surface area contributed by atoms with E-state index in [0.717, 1.165) is 17.9 Å². The van der Waals surface area contributed by atoms with Crippen LogP contribution in [0.15, 0.2) is 48.5 Å². The first-order valence-electron chi connectivity index (χ1n) is 6.02. The Kier molecular flexibility index (Phi) is 2.22. The van der Waals surface area contributed by atoms with Crippen LogP contribution in [-0.4, -0.2) is 0 Å². The molecule has 0 amide bonds. The second kappa shape index (κ2) is 3.63. The van der Waals surface area contributed by atoms with Gasteiger partial charge < -0.3 is 4.74 Å². The van der Waals surface area contributed by atoms with Gasteiger partial charge in [0.2, 0.25) is 0 Å². The standard InChI is InChI=1S/C16H16O/c1-16(2)11-12-7-3-5-9-14(12)17-15-10-6-4-8-13(15)16/h3-10H,11H2,1-2H3. The molecule has 1 nitrogen and oxygen atoms in total. The predicted molar refractivity (Wildman–Crippen MR) is 69.7 cm³/mol. The molecule has 1 aliphatic heterocycles. The molecular weight excluding hydrogens is 208 g/mol. The van der Waals surface area contributed by atoms with Crippen LogP contribution in [0.3, 0.4) is 0 Å². The molecule has 0 bridgehead atoms. The number of hydrogen-bond donors (Lipinski definition) is 0. The van der Waals surface area contributed by atoms with Crippen molar-refractivity contribution in [2.45, 2.75) is 25.7 Å². The Morgan fingerprint density at radius 2 is 1.53 bits per heavy atom. The van der Waals surface area contributed by atoms with E-state index in [1.54, 1.807) is 0 Å². The zero-order valence-electron chi connectivity index (χ0n) is 10.2. The van der Waals surface area contributed by atoms with Crippen LogP contribution in [0.5, 0.6) is 11.5 Å². The number of rotatable bonds is 0. The molecule has 1 heteroatoms. The van der Waals surface area contributed by atoms with Crippen molar-refractivity contribution in [2.24, 2.45) is 0 Å². The lowest BCUT2D eigenvalue weighted by Gasteiger charge is -2.24. The first kappa shape index (κ1) is 10.4. The van der Waals surface area contributed by atoms with Gasteiger partial charge in [-0.2, -0.15) is 0 Å². The monoisotopic (exact) mass is 224 g/mol. The van der Waals surface area contributed by atoms with Gasteiger partial charge in [-0.25, -0.2) is 0 Å². The van der Waals surface area contributed by atoms with E-state index < -0.39 is 0 Å². The third-order valence-corrected chi connectivity index (χ3v) is 3.44. The second-order valence-electron chi connectivity index (χ2n) is 5.27. The molecule has 0 unspecified atom stereocenters. The molecule has 1 aliphatic rings. The first-order valence-corrected chi connectivity index (χ1v) is 6.02. The second-order valence-corrected chi connectivity index (χ2v) is 5.27. The molecule has 86 valence electrons. The highest BCUT2D eigenvalue weighted by Gasteiger charge is 2.29. The van der Waals surface area contributed by atoms with E-state index in [4.69, 9.17) is 4.74 Å². The summed E-state index contributed by atoms with van der Waals surface area (Å²) in [6, 6.07) is 16.6. The van der Waals surface area contributed by atoms with Crippen molar-refractivity contribution < 1.29 is 4.74 Å². The van der Waals surface area contributed by atoms with Gasteiger partial charge in [-0.1, -0.05) is 50.2 Å². The Bertz CT molecular complexity index is 555. The normalized spacial score (nSPS) is 16.4. The fourth-order valence-corrected chi connectivity index (χ4v) is 2.55. The van der Waals surface area contributed by atoms with Crippen molar-refractivity contribution in [1.29, 1.82) is 0 Å². The fourth-order valence-electron chi connectivity index (χ4n) is 2.55. The molecule has 0 aromatic heterocycles. The summed E-state index contributed by atoms with van der Waals surface area (Å²) >= 11 is 0. The summed E-state index contributed by atoms with van der Waals surface area (Å²) in [6.07, 6.45) is 1.01. The molecule has 0 fully saturated rings. The van der Waals surface area contributed by atoms with Gasteiger partial charge in [0.15, 0.2) is 0 Å². The molecular formula is C16H16O. The summed E-state index contributed by atoms with van der Waals surface area (Å²) in [5, 5.41) is 0. The predicted octanol–water partition coefficient (Wildman–Crippen LogP) is 4.31. The number of hydrogen-bond acceptors (Lipinski definition) is 1. The van der Waals surface area contributed by atoms with Gasteiger partial charge in [0.25, 0.3) is 0 Å². The van der Waals surface area contributed by atoms with Gasteiger partial charge in [-0.3, -0.25) is 0 Å². The Labute approximate surface area is 102 Å². The quantitative estimate of drug-likeness (QED) is 0.647. The first-order chi connectivity index (χ1) is 8.17. The van der Waals surface area contributed by atoms with Gasteiger partial charge in [-0.05, 0) is 29.5 Å². The summed E-state index contributed by atoms with van der Waals surface area (Å²) in [4.78, 5) is 0. The Morgan fingerprint density at radius 3 is 2.35 bits per heavy atom. The molecule has 0 N–H and O–H groups in total. The lowest BCUT2D eigenvalue weighted by Crippen LogP contribution is -2.19. The minimum Gasteiger partial charge on any atom is -0.457 e. The minimum atomic E-state index is 0.114. The van der Waals surface area contributed by atoms with E-state index in [1.165, 1.54) is 11.1 Å². The number of fused-ring (bicyclic) bond motifs is 2. The van der Waals surface area contributed by atoms with Crippen molar-refractivity contribution in [2.75, 3.05) is 0 Å². The zero-order valence-corrected chi connectivity index (χ0v) is 10.2. The van der Waals surface area contributed by atoms with Crippen LogP contribution in [0.1, 0.15) is 25.0 Å². The van der Waals surface area contributed by atoms with Crippen molar-refractivity contribution in [1.82, 2.24) is 0 Å². The fraction of sp³-hybridized carbons (Fsp3) is 0.250. The van der Waals surface area contributed by atoms with E-state index in [-0.39, 0.29) is 5.41 Å². The molecule has 0 saturated carbocycles. The summed E-state index contributed by atoms with van der Waals surface area (Å²) in [5.74, 6) is 1.98. The SMILES string of the molecule is CC1(C)Cc2ccccc2Oc2ccccc21. The molecule has 3 rings (SSSR count). The molecule has 0 spiro atoms. The van der Waals surface area contributed by atoms with Crippen LogP contribution in [0, 0.1) is 0 Å². The van der Waals surface area contributed by atoms with Crippen molar-refractivity contribution >= 4 is 0 Å². The molecule has 1 heterocycles. The molecule has 0 atom stereocenters. The van der Waals surface area contributed by atoms with Crippen LogP contribution >= 0.6 is 0 Å². The van der Waals surface area contributed by atoms with Crippen LogP contribution in [0.2, 0.25) is 0 Å². The Hall–Kier alpha value is -1.76. The van der Waals surface area contributed by atoms with Gasteiger partial charge in [-0.15, -0.1) is 0 Å². The molecule has 0 saturated heterocycles. The average molecular weight is 224 g/mol. The summed E-state index contributed by atoms with van der Waals surface area (Å²) < 4.78 is 6.04. The van der Waals surface area contributed by atoms with Crippen molar-refractivity contribution in [3.05, 3.63) is 59.7 Å². The lowest BCUT2D eigenvalue weighted by molar-refractivity contribution is 0.470. The number of benzene rings is 2. The Morgan fingerprint density at radius 1 is 0.882 bits per heavy atom. The third-order valence-electron chi connectivity index (χ3n) is 3.44. The van der Waals surface area contributed by atoms with Crippen LogP contribution < -0.4 is 4.74 Å². The number of para-hydroxylation sites is 2. The van der Waals surface area contributed by atoms with E-state index in [2.05, 4.69) is 44.2 Å². The summed E-state index contributed by atoms with van der Waals surface area (Å²) in [6.45, 7) is 4.55. The Balaban J connectivity index is 2.21. The van der Waals surface area contributed by atoms with E-state index in [1.807, 2.05) is 18.2 Å². The highest BCUT2D eigenvalue weighted by molar-refractivity contribution is 5.48. The minimum absolute atomic E-state index is 0.114. The largest absolute Gasteiger partial charge is 0.457 e. The van der Waals surface area contributed by atoms with Crippen molar-refractivity contribution in [3.63, 3.8) is 0 Å². The molecule has 0 aliphatic carbocycles. The highest BCUT2D eigenvalue weighted by atomic mass is 16.5. The maximum absolute atomic E-state index is 6.04. The van der Waals surface area contributed by atoms with Crippen molar-refractivity contribution in [3.8, 4) is 11.5 Å². The van der Waals surface area contributed by atoms with Gasteiger partial charge in [0.05, 0.1) is 0 Å². The lowest BCUT2D eigenvalue weighted by atomic mass is 9.79. The molecule has 17 heavy (non-hydrogen) atoms. The summed E-state index contributed by atoms with van der Waals surface area (Å²) in [5.41, 5.74) is 2.69. The third kappa shape index (κ3) is 1.72. The smallest absolute Gasteiger partial charge is 0.131 e. The van der Waals surface area contributed by atoms with Gasteiger partial charge in [0.1, 0.15) is 11.5 Å². The average Bonchev–Trinajstić information content (AvgIpc) is 2.42. The van der Waals surface area contributed by atoms with E-state index in [0.29, 0.717) is 0 Å². The molecule has 2 aromatic carbocycles.